The molecule has 137 valence electrons. The molecule has 0 bridgehead atoms. The molecule has 0 aliphatic carbocycles. The highest BCUT2D eigenvalue weighted by atomic mass is 35.5. The number of halogens is 1. The SMILES string of the molecule is [O-][S+](Cc1ccc2oc3ccc(Cl)cc3c2c1)C1CN(CCO)CC[N]1. The van der Waals surface area contributed by atoms with E-state index in [2.05, 4.69) is 10.2 Å². The summed E-state index contributed by atoms with van der Waals surface area (Å²) in [5.74, 6) is 0.449. The average molecular weight is 392 g/mol. The van der Waals surface area contributed by atoms with Crippen LogP contribution in [0.3, 0.4) is 0 Å². The summed E-state index contributed by atoms with van der Waals surface area (Å²) in [6, 6.07) is 11.5. The van der Waals surface area contributed by atoms with E-state index in [1.807, 2.05) is 36.4 Å². The summed E-state index contributed by atoms with van der Waals surface area (Å²) < 4.78 is 18.6. The van der Waals surface area contributed by atoms with Gasteiger partial charge in [0.15, 0.2) is 5.37 Å². The van der Waals surface area contributed by atoms with Crippen LogP contribution in [0.25, 0.3) is 21.9 Å². The van der Waals surface area contributed by atoms with E-state index in [-0.39, 0.29) is 12.0 Å². The van der Waals surface area contributed by atoms with Crippen LogP contribution in [0.4, 0.5) is 0 Å². The van der Waals surface area contributed by atoms with Gasteiger partial charge >= 0.3 is 0 Å². The molecule has 4 rings (SSSR count). The molecule has 5 nitrogen and oxygen atoms in total. The van der Waals surface area contributed by atoms with Crippen LogP contribution >= 0.6 is 11.6 Å². The lowest BCUT2D eigenvalue weighted by atomic mass is 10.1. The molecule has 2 heterocycles. The van der Waals surface area contributed by atoms with Gasteiger partial charge in [-0.05, 0) is 41.5 Å². The van der Waals surface area contributed by atoms with Crippen LogP contribution in [0.2, 0.25) is 5.02 Å². The van der Waals surface area contributed by atoms with Gasteiger partial charge in [0.05, 0.1) is 13.2 Å². The van der Waals surface area contributed by atoms with E-state index in [4.69, 9.17) is 21.1 Å². The number of aliphatic hydroxyl groups is 1. The number of furan rings is 1. The largest absolute Gasteiger partial charge is 0.615 e. The van der Waals surface area contributed by atoms with Crippen molar-refractivity contribution < 1.29 is 14.1 Å². The van der Waals surface area contributed by atoms with Gasteiger partial charge in [-0.25, -0.2) is 0 Å². The Balaban J connectivity index is 1.55. The van der Waals surface area contributed by atoms with Crippen molar-refractivity contribution >= 4 is 44.7 Å². The van der Waals surface area contributed by atoms with Gasteiger partial charge in [-0.15, -0.1) is 0 Å². The number of piperazine rings is 1. The summed E-state index contributed by atoms with van der Waals surface area (Å²) in [6.45, 7) is 2.85. The third kappa shape index (κ3) is 3.71. The summed E-state index contributed by atoms with van der Waals surface area (Å²) in [5.41, 5.74) is 2.59. The molecule has 1 saturated heterocycles. The quantitative estimate of drug-likeness (QED) is 0.678. The first-order valence-electron chi connectivity index (χ1n) is 8.62. The Morgan fingerprint density at radius 2 is 2.00 bits per heavy atom. The second-order valence-corrected chi connectivity index (χ2v) is 8.51. The molecule has 26 heavy (non-hydrogen) atoms. The third-order valence-corrected chi connectivity index (χ3v) is 6.45. The van der Waals surface area contributed by atoms with Crippen molar-refractivity contribution in [1.29, 1.82) is 0 Å². The topological polar surface area (TPSA) is 73.8 Å². The number of hydrogen-bond acceptors (Lipinski definition) is 4. The van der Waals surface area contributed by atoms with Gasteiger partial charge in [0.25, 0.3) is 0 Å². The smallest absolute Gasteiger partial charge is 0.195 e. The van der Waals surface area contributed by atoms with E-state index in [1.54, 1.807) is 0 Å². The van der Waals surface area contributed by atoms with Gasteiger partial charge in [0, 0.05) is 41.0 Å². The molecule has 1 N–H and O–H groups in total. The zero-order valence-corrected chi connectivity index (χ0v) is 15.8. The van der Waals surface area contributed by atoms with Crippen molar-refractivity contribution in [3.8, 4) is 0 Å². The zero-order chi connectivity index (χ0) is 18.1. The van der Waals surface area contributed by atoms with E-state index < -0.39 is 11.2 Å². The number of rotatable bonds is 5. The maximum atomic E-state index is 12.8. The molecule has 2 unspecified atom stereocenters. The van der Waals surface area contributed by atoms with Gasteiger partial charge in [-0.2, -0.15) is 5.32 Å². The molecule has 0 saturated carbocycles. The van der Waals surface area contributed by atoms with Crippen molar-refractivity contribution in [3.63, 3.8) is 0 Å². The van der Waals surface area contributed by atoms with Crippen molar-refractivity contribution in [2.75, 3.05) is 32.8 Å². The van der Waals surface area contributed by atoms with Crippen molar-refractivity contribution in [1.82, 2.24) is 10.2 Å². The first-order valence-corrected chi connectivity index (χ1v) is 10.4. The maximum absolute atomic E-state index is 12.8. The van der Waals surface area contributed by atoms with E-state index in [0.29, 0.717) is 30.4 Å². The zero-order valence-electron chi connectivity index (χ0n) is 14.2. The Morgan fingerprint density at radius 3 is 2.81 bits per heavy atom. The molecule has 1 radical (unpaired) electrons. The van der Waals surface area contributed by atoms with Gasteiger partial charge in [0.2, 0.25) is 0 Å². The summed E-state index contributed by atoms with van der Waals surface area (Å²) in [6.07, 6.45) is 0. The van der Waals surface area contributed by atoms with Crippen LogP contribution in [0.5, 0.6) is 0 Å². The average Bonchev–Trinajstić information content (AvgIpc) is 2.99. The normalized spacial score (nSPS) is 20.0. The lowest BCUT2D eigenvalue weighted by Gasteiger charge is -2.32. The summed E-state index contributed by atoms with van der Waals surface area (Å²) in [5, 5.41) is 16.0. The van der Waals surface area contributed by atoms with Crippen LogP contribution in [0, 0.1) is 0 Å². The summed E-state index contributed by atoms with van der Waals surface area (Å²) >= 11 is 5.02. The number of nitrogens with zero attached hydrogens (tertiary/aromatic N) is 2. The molecule has 7 heteroatoms. The highest BCUT2D eigenvalue weighted by molar-refractivity contribution is 7.91. The van der Waals surface area contributed by atoms with E-state index >= 15 is 0 Å². The van der Waals surface area contributed by atoms with Crippen molar-refractivity contribution in [3.05, 3.63) is 47.0 Å². The highest BCUT2D eigenvalue weighted by Gasteiger charge is 2.29. The summed E-state index contributed by atoms with van der Waals surface area (Å²) in [4.78, 5) is 2.12. The minimum Gasteiger partial charge on any atom is -0.615 e. The lowest BCUT2D eigenvalue weighted by Crippen LogP contribution is -2.51. The molecule has 2 aromatic carbocycles. The van der Waals surface area contributed by atoms with E-state index in [1.165, 1.54) is 0 Å². The number of β-amino-alcohol motifs (C(OH)–C–C–N with tert-alkyl or cyclic N) is 1. The van der Waals surface area contributed by atoms with Crippen LogP contribution in [0.15, 0.2) is 40.8 Å². The monoisotopic (exact) mass is 391 g/mol. The third-order valence-electron chi connectivity index (χ3n) is 4.69. The summed E-state index contributed by atoms with van der Waals surface area (Å²) in [7, 11) is 0. The second-order valence-electron chi connectivity index (χ2n) is 6.48. The number of fused-ring (bicyclic) bond motifs is 3. The van der Waals surface area contributed by atoms with Crippen LogP contribution in [-0.4, -0.2) is 52.7 Å². The second kappa shape index (κ2) is 7.76. The minimum atomic E-state index is -1.10. The standard InChI is InChI=1S/C19H20ClN2O3S/c20-14-2-4-18-16(10-14)15-9-13(1-3-17(15)25-18)12-26(24)19-11-22(7-8-23)6-5-21-19/h1-4,9-10,19,23H,5-8,11-12H2. The molecule has 0 spiro atoms. The van der Waals surface area contributed by atoms with Gasteiger partial charge in [-0.1, -0.05) is 17.7 Å². The van der Waals surface area contributed by atoms with Gasteiger partial charge in [0.1, 0.15) is 16.9 Å². The number of hydrogen-bond donors (Lipinski definition) is 1. The first-order chi connectivity index (χ1) is 12.6. The van der Waals surface area contributed by atoms with Crippen LogP contribution in [0.1, 0.15) is 5.56 Å². The van der Waals surface area contributed by atoms with Gasteiger partial charge in [-0.3, -0.25) is 4.90 Å². The lowest BCUT2D eigenvalue weighted by molar-refractivity contribution is 0.171. The predicted molar refractivity (Wildman–Crippen MR) is 105 cm³/mol. The fraction of sp³-hybridized carbons (Fsp3) is 0.368. The maximum Gasteiger partial charge on any atom is 0.195 e. The van der Waals surface area contributed by atoms with Crippen molar-refractivity contribution in [2.24, 2.45) is 0 Å². The fourth-order valence-electron chi connectivity index (χ4n) is 3.37. The van der Waals surface area contributed by atoms with E-state index in [0.717, 1.165) is 34.0 Å². The molecular weight excluding hydrogens is 372 g/mol. The Kier molecular flexibility index (Phi) is 5.40. The molecule has 1 aliphatic rings. The van der Waals surface area contributed by atoms with Crippen LogP contribution in [-0.2, 0) is 16.9 Å². The minimum absolute atomic E-state index is 0.117. The molecule has 2 atom stereocenters. The Bertz CT molecular complexity index is 914. The molecule has 1 aliphatic heterocycles. The fourth-order valence-corrected chi connectivity index (χ4v) is 4.89. The Labute approximate surface area is 160 Å². The molecule has 1 fully saturated rings. The molecule has 1 aromatic heterocycles. The van der Waals surface area contributed by atoms with E-state index in [9.17, 15) is 4.55 Å². The van der Waals surface area contributed by atoms with Crippen LogP contribution < -0.4 is 5.32 Å². The van der Waals surface area contributed by atoms with Crippen molar-refractivity contribution in [2.45, 2.75) is 11.1 Å². The van der Waals surface area contributed by atoms with Gasteiger partial charge < -0.3 is 14.1 Å². The Morgan fingerprint density at radius 1 is 1.23 bits per heavy atom. The Hall–Kier alpha value is -1.28. The highest BCUT2D eigenvalue weighted by Crippen LogP contribution is 2.31. The predicted octanol–water partition coefficient (Wildman–Crippen LogP) is 2.73. The molecular formula is C19H20ClN2O3S. The number of benzene rings is 2. The first kappa shape index (κ1) is 18.1. The molecule has 3 aromatic rings. The molecule has 0 amide bonds. The number of aliphatic hydroxyl groups excluding tert-OH is 1.